The average Bonchev–Trinajstić information content (AvgIpc) is 3.28. The number of rotatable bonds is 6. The van der Waals surface area contributed by atoms with Gasteiger partial charge < -0.3 is 14.8 Å². The zero-order valence-corrected chi connectivity index (χ0v) is 18.0. The van der Waals surface area contributed by atoms with Crippen molar-refractivity contribution < 1.29 is 14.1 Å². The second kappa shape index (κ2) is 8.05. The lowest BCUT2D eigenvalue weighted by molar-refractivity contribution is 0.0906. The Morgan fingerprint density at radius 2 is 1.90 bits per heavy atom. The molecule has 29 heavy (non-hydrogen) atoms. The summed E-state index contributed by atoms with van der Waals surface area (Å²) in [5.41, 5.74) is 1.18. The largest absolute Gasteiger partial charge is 0.360 e. The molecule has 2 aromatic heterocycles. The molecule has 0 saturated carbocycles. The number of aromatic amines is 1. The predicted molar refractivity (Wildman–Crippen MR) is 113 cm³/mol. The number of nitrogens with zero attached hydrogens (tertiary/aromatic N) is 1. The van der Waals surface area contributed by atoms with E-state index in [0.29, 0.717) is 32.6 Å². The van der Waals surface area contributed by atoms with Crippen LogP contribution in [-0.2, 0) is 0 Å². The van der Waals surface area contributed by atoms with Crippen LogP contribution in [0.1, 0.15) is 59.4 Å². The number of nitrogens with one attached hydrogen (secondary N) is 2. The van der Waals surface area contributed by atoms with Crippen LogP contribution in [0.25, 0.3) is 11.3 Å². The van der Waals surface area contributed by atoms with Crippen molar-refractivity contribution in [3.05, 3.63) is 63.1 Å². The fourth-order valence-electron chi connectivity index (χ4n) is 2.80. The van der Waals surface area contributed by atoms with Gasteiger partial charge in [-0.15, -0.1) is 0 Å². The van der Waals surface area contributed by atoms with Crippen LogP contribution in [0.4, 0.5) is 0 Å². The van der Waals surface area contributed by atoms with Crippen LogP contribution in [0.2, 0.25) is 10.0 Å². The van der Waals surface area contributed by atoms with Gasteiger partial charge in [-0.25, -0.2) is 0 Å². The fraction of sp³-hybridized carbons (Fsp3) is 0.286. The van der Waals surface area contributed by atoms with Gasteiger partial charge in [-0.2, -0.15) is 0 Å². The van der Waals surface area contributed by atoms with Gasteiger partial charge in [0.05, 0.1) is 15.6 Å². The standard InChI is InChI=1S/C21H21Cl2N3O3/c1-5-21(3,4)25-20(28)15-9-12(10-24-15)19(27)16-11(2)29-26-18(16)17-13(22)7-6-8-14(17)23/h6-10,24H,5H2,1-4H3,(H,25,28). The van der Waals surface area contributed by atoms with Gasteiger partial charge in [0.1, 0.15) is 17.1 Å². The average molecular weight is 434 g/mol. The molecule has 0 unspecified atom stereocenters. The number of benzene rings is 1. The third kappa shape index (κ3) is 4.23. The second-order valence-electron chi connectivity index (χ2n) is 7.38. The number of halogens is 2. The van der Waals surface area contributed by atoms with Gasteiger partial charge in [0, 0.05) is 22.9 Å². The minimum atomic E-state index is -0.356. The maximum absolute atomic E-state index is 13.2. The van der Waals surface area contributed by atoms with Gasteiger partial charge in [0.2, 0.25) is 0 Å². The smallest absolute Gasteiger partial charge is 0.268 e. The molecule has 152 valence electrons. The Bertz CT molecular complexity index is 1060. The van der Waals surface area contributed by atoms with E-state index >= 15 is 0 Å². The highest BCUT2D eigenvalue weighted by molar-refractivity contribution is 6.39. The summed E-state index contributed by atoms with van der Waals surface area (Å²) in [6.07, 6.45) is 2.26. The molecule has 0 atom stereocenters. The van der Waals surface area contributed by atoms with Crippen LogP contribution in [-0.4, -0.2) is 27.4 Å². The summed E-state index contributed by atoms with van der Waals surface area (Å²) >= 11 is 12.6. The van der Waals surface area contributed by atoms with Crippen LogP contribution in [0.5, 0.6) is 0 Å². The molecule has 0 saturated heterocycles. The van der Waals surface area contributed by atoms with Gasteiger partial charge in [-0.05, 0) is 45.4 Å². The first-order valence-corrected chi connectivity index (χ1v) is 9.86. The summed E-state index contributed by atoms with van der Waals surface area (Å²) in [4.78, 5) is 28.5. The SMILES string of the molecule is CCC(C)(C)NC(=O)c1cc(C(=O)c2c(-c3c(Cl)cccc3Cl)noc2C)c[nH]1. The van der Waals surface area contributed by atoms with Crippen LogP contribution < -0.4 is 5.32 Å². The molecule has 1 aromatic carbocycles. The maximum atomic E-state index is 13.2. The topological polar surface area (TPSA) is 88.0 Å². The van der Waals surface area contributed by atoms with Crippen LogP contribution in [0, 0.1) is 6.92 Å². The Kier molecular flexibility index (Phi) is 5.87. The highest BCUT2D eigenvalue weighted by Crippen LogP contribution is 2.37. The molecule has 0 spiro atoms. The molecule has 8 heteroatoms. The number of carbonyl (C=O) groups is 2. The fourth-order valence-corrected chi connectivity index (χ4v) is 3.37. The van der Waals surface area contributed by atoms with Crippen LogP contribution >= 0.6 is 23.2 Å². The zero-order valence-electron chi connectivity index (χ0n) is 16.5. The number of carbonyl (C=O) groups excluding carboxylic acids is 2. The molecule has 0 aliphatic carbocycles. The van der Waals surface area contributed by atoms with E-state index in [1.807, 2.05) is 20.8 Å². The lowest BCUT2D eigenvalue weighted by Gasteiger charge is -2.23. The second-order valence-corrected chi connectivity index (χ2v) is 8.20. The monoisotopic (exact) mass is 433 g/mol. The zero-order chi connectivity index (χ0) is 21.3. The molecular weight excluding hydrogens is 413 g/mol. The van der Waals surface area contributed by atoms with Crippen LogP contribution in [0.15, 0.2) is 35.0 Å². The Balaban J connectivity index is 1.97. The quantitative estimate of drug-likeness (QED) is 0.506. The number of hydrogen-bond acceptors (Lipinski definition) is 4. The Morgan fingerprint density at radius 3 is 2.52 bits per heavy atom. The third-order valence-electron chi connectivity index (χ3n) is 4.81. The summed E-state index contributed by atoms with van der Waals surface area (Å²) in [5, 5.41) is 7.64. The molecule has 0 aliphatic heterocycles. The molecule has 3 rings (SSSR count). The van der Waals surface area contributed by atoms with Crippen molar-refractivity contribution in [2.75, 3.05) is 0 Å². The van der Waals surface area contributed by atoms with Crippen molar-refractivity contribution in [2.45, 2.75) is 39.7 Å². The number of aromatic nitrogens is 2. The maximum Gasteiger partial charge on any atom is 0.268 e. The molecule has 1 amide bonds. The van der Waals surface area contributed by atoms with E-state index in [0.717, 1.165) is 6.42 Å². The molecule has 2 heterocycles. The van der Waals surface area contributed by atoms with Crippen molar-refractivity contribution in [1.29, 1.82) is 0 Å². The minimum absolute atomic E-state index is 0.250. The number of amides is 1. The Labute approximate surface area is 178 Å². The molecule has 6 nitrogen and oxygen atoms in total. The summed E-state index contributed by atoms with van der Waals surface area (Å²) < 4.78 is 5.26. The number of aryl methyl sites for hydroxylation is 1. The first-order chi connectivity index (χ1) is 13.6. The Morgan fingerprint density at radius 1 is 1.24 bits per heavy atom. The van der Waals surface area contributed by atoms with Crippen molar-refractivity contribution in [2.24, 2.45) is 0 Å². The normalized spacial score (nSPS) is 11.5. The van der Waals surface area contributed by atoms with Crippen molar-refractivity contribution >= 4 is 34.9 Å². The highest BCUT2D eigenvalue weighted by atomic mass is 35.5. The molecular formula is C21H21Cl2N3O3. The first-order valence-electron chi connectivity index (χ1n) is 9.11. The summed E-state index contributed by atoms with van der Waals surface area (Å²) in [6, 6.07) is 6.54. The van der Waals surface area contributed by atoms with E-state index in [-0.39, 0.29) is 28.5 Å². The summed E-state index contributed by atoms with van der Waals surface area (Å²) in [6.45, 7) is 7.48. The van der Waals surface area contributed by atoms with Crippen molar-refractivity contribution in [1.82, 2.24) is 15.5 Å². The van der Waals surface area contributed by atoms with Gasteiger partial charge >= 0.3 is 0 Å². The molecule has 0 aliphatic rings. The van der Waals surface area contributed by atoms with Gasteiger partial charge in [0.15, 0.2) is 5.78 Å². The van der Waals surface area contributed by atoms with E-state index in [2.05, 4.69) is 15.5 Å². The lowest BCUT2D eigenvalue weighted by atomic mass is 9.99. The lowest BCUT2D eigenvalue weighted by Crippen LogP contribution is -2.42. The first kappa shape index (κ1) is 21.1. The summed E-state index contributed by atoms with van der Waals surface area (Å²) in [5.74, 6) is -0.299. The number of ketones is 1. The predicted octanol–water partition coefficient (Wildman–Crippen LogP) is 5.43. The molecule has 2 N–H and O–H groups in total. The van der Waals surface area contributed by atoms with E-state index in [4.69, 9.17) is 27.7 Å². The van der Waals surface area contributed by atoms with Crippen molar-refractivity contribution in [3.63, 3.8) is 0 Å². The molecule has 0 fully saturated rings. The number of hydrogen-bond donors (Lipinski definition) is 2. The van der Waals surface area contributed by atoms with Gasteiger partial charge in [-0.3, -0.25) is 9.59 Å². The van der Waals surface area contributed by atoms with E-state index in [1.165, 1.54) is 12.3 Å². The Hall–Kier alpha value is -2.57. The van der Waals surface area contributed by atoms with E-state index < -0.39 is 0 Å². The van der Waals surface area contributed by atoms with Gasteiger partial charge in [-0.1, -0.05) is 41.3 Å². The molecule has 3 aromatic rings. The minimum Gasteiger partial charge on any atom is -0.360 e. The summed E-state index contributed by atoms with van der Waals surface area (Å²) in [7, 11) is 0. The van der Waals surface area contributed by atoms with E-state index in [9.17, 15) is 9.59 Å². The van der Waals surface area contributed by atoms with Crippen molar-refractivity contribution in [3.8, 4) is 11.3 Å². The molecule has 0 radical (unpaired) electrons. The third-order valence-corrected chi connectivity index (χ3v) is 5.44. The van der Waals surface area contributed by atoms with E-state index in [1.54, 1.807) is 25.1 Å². The number of H-pyrrole nitrogens is 1. The highest BCUT2D eigenvalue weighted by Gasteiger charge is 2.27. The van der Waals surface area contributed by atoms with Gasteiger partial charge in [0.25, 0.3) is 5.91 Å². The van der Waals surface area contributed by atoms with Crippen LogP contribution in [0.3, 0.4) is 0 Å². The molecule has 0 bridgehead atoms.